The molecule has 1 N–H and O–H groups in total. The number of hydrogen-bond donors (Lipinski definition) is 1. The van der Waals surface area contributed by atoms with Crippen LogP contribution in [0.2, 0.25) is 0 Å². The Bertz CT molecular complexity index is 383. The first-order chi connectivity index (χ1) is 9.08. The smallest absolute Gasteiger partial charge is 0.0738 e. The summed E-state index contributed by atoms with van der Waals surface area (Å²) in [5.41, 5.74) is 2.43. The van der Waals surface area contributed by atoms with Crippen molar-refractivity contribution in [1.29, 1.82) is 0 Å². The molecule has 0 aromatic carbocycles. The van der Waals surface area contributed by atoms with E-state index in [2.05, 4.69) is 65.6 Å². The standard InChI is InChI=1S/C15H28BrN3/c1-6-12(7-2)13(17-8-3)10-14-15(16)11(5)18-19(14)9-4/h12-13,17H,6-10H2,1-5H3. The van der Waals surface area contributed by atoms with E-state index in [0.29, 0.717) is 6.04 Å². The average molecular weight is 330 g/mol. The summed E-state index contributed by atoms with van der Waals surface area (Å²) in [7, 11) is 0. The molecule has 0 aliphatic rings. The van der Waals surface area contributed by atoms with E-state index in [1.54, 1.807) is 0 Å². The molecule has 0 aliphatic heterocycles. The lowest BCUT2D eigenvalue weighted by molar-refractivity contribution is 0.330. The van der Waals surface area contributed by atoms with E-state index in [-0.39, 0.29) is 0 Å². The SMILES string of the molecule is CCNC(Cc1c(Br)c(C)nn1CC)C(CC)CC. The molecule has 4 heteroatoms. The Hall–Kier alpha value is -0.350. The van der Waals surface area contributed by atoms with Crippen LogP contribution in [0.5, 0.6) is 0 Å². The van der Waals surface area contributed by atoms with Crippen molar-refractivity contribution in [2.45, 2.75) is 66.5 Å². The van der Waals surface area contributed by atoms with E-state index >= 15 is 0 Å². The van der Waals surface area contributed by atoms with Crippen molar-refractivity contribution in [3.05, 3.63) is 15.9 Å². The minimum absolute atomic E-state index is 0.540. The third-order valence-corrected chi connectivity index (χ3v) is 4.98. The summed E-state index contributed by atoms with van der Waals surface area (Å²) in [4.78, 5) is 0. The summed E-state index contributed by atoms with van der Waals surface area (Å²) in [5.74, 6) is 0.729. The van der Waals surface area contributed by atoms with Gasteiger partial charge >= 0.3 is 0 Å². The first kappa shape index (κ1) is 16.7. The highest BCUT2D eigenvalue weighted by atomic mass is 79.9. The van der Waals surface area contributed by atoms with Crippen molar-refractivity contribution in [1.82, 2.24) is 15.1 Å². The van der Waals surface area contributed by atoms with Gasteiger partial charge in [-0.1, -0.05) is 33.6 Å². The van der Waals surface area contributed by atoms with Gasteiger partial charge in [-0.25, -0.2) is 0 Å². The third-order valence-electron chi connectivity index (χ3n) is 3.95. The van der Waals surface area contributed by atoms with Crippen molar-refractivity contribution < 1.29 is 0 Å². The van der Waals surface area contributed by atoms with Gasteiger partial charge in [0.05, 0.1) is 15.9 Å². The molecule has 1 atom stereocenters. The normalized spacial score (nSPS) is 13.2. The molecule has 0 saturated heterocycles. The van der Waals surface area contributed by atoms with E-state index < -0.39 is 0 Å². The number of aryl methyl sites for hydroxylation is 2. The van der Waals surface area contributed by atoms with Gasteiger partial charge in [0.1, 0.15) is 0 Å². The molecular formula is C15H28BrN3. The van der Waals surface area contributed by atoms with E-state index in [1.165, 1.54) is 23.0 Å². The van der Waals surface area contributed by atoms with Gasteiger partial charge in [-0.05, 0) is 42.2 Å². The van der Waals surface area contributed by atoms with E-state index in [1.807, 2.05) is 0 Å². The molecular weight excluding hydrogens is 302 g/mol. The molecule has 1 aromatic heterocycles. The van der Waals surface area contributed by atoms with Crippen molar-refractivity contribution in [3.63, 3.8) is 0 Å². The average Bonchev–Trinajstić information content (AvgIpc) is 2.68. The molecule has 0 bridgehead atoms. The lowest BCUT2D eigenvalue weighted by Gasteiger charge is -2.26. The Balaban J connectivity index is 2.95. The minimum Gasteiger partial charge on any atom is -0.314 e. The Morgan fingerprint density at radius 1 is 1.21 bits per heavy atom. The Kier molecular flexibility index (Phi) is 7.08. The van der Waals surface area contributed by atoms with Crippen LogP contribution in [0, 0.1) is 12.8 Å². The van der Waals surface area contributed by atoms with Crippen LogP contribution in [0.3, 0.4) is 0 Å². The summed E-state index contributed by atoms with van der Waals surface area (Å²) in [5, 5.41) is 8.25. The maximum atomic E-state index is 4.59. The monoisotopic (exact) mass is 329 g/mol. The first-order valence-electron chi connectivity index (χ1n) is 7.53. The second-order valence-corrected chi connectivity index (χ2v) is 5.90. The molecule has 1 heterocycles. The second-order valence-electron chi connectivity index (χ2n) is 5.11. The number of rotatable bonds is 8. The lowest BCUT2D eigenvalue weighted by atomic mass is 9.90. The number of nitrogens with zero attached hydrogens (tertiary/aromatic N) is 2. The molecule has 110 valence electrons. The zero-order valence-electron chi connectivity index (χ0n) is 13.0. The molecule has 3 nitrogen and oxygen atoms in total. The molecule has 0 aliphatic carbocycles. The number of halogens is 1. The molecule has 0 spiro atoms. The largest absolute Gasteiger partial charge is 0.314 e. The van der Waals surface area contributed by atoms with Gasteiger partial charge in [0.25, 0.3) is 0 Å². The fraction of sp³-hybridized carbons (Fsp3) is 0.800. The highest BCUT2D eigenvalue weighted by Crippen LogP contribution is 2.25. The zero-order valence-corrected chi connectivity index (χ0v) is 14.5. The summed E-state index contributed by atoms with van der Waals surface area (Å²) >= 11 is 3.70. The van der Waals surface area contributed by atoms with Gasteiger partial charge in [-0.15, -0.1) is 0 Å². The fourth-order valence-corrected chi connectivity index (χ4v) is 3.24. The Labute approximate surface area is 126 Å². The quantitative estimate of drug-likeness (QED) is 0.783. The topological polar surface area (TPSA) is 29.9 Å². The number of hydrogen-bond acceptors (Lipinski definition) is 2. The van der Waals surface area contributed by atoms with Crippen molar-refractivity contribution >= 4 is 15.9 Å². The lowest BCUT2D eigenvalue weighted by Crippen LogP contribution is -2.38. The molecule has 0 saturated carbocycles. The molecule has 1 aromatic rings. The Morgan fingerprint density at radius 2 is 1.84 bits per heavy atom. The summed E-state index contributed by atoms with van der Waals surface area (Å²) in [6, 6.07) is 0.540. The number of nitrogens with one attached hydrogen (secondary N) is 1. The van der Waals surface area contributed by atoms with Crippen LogP contribution in [0.1, 0.15) is 51.9 Å². The van der Waals surface area contributed by atoms with Crippen molar-refractivity contribution in [2.24, 2.45) is 5.92 Å². The van der Waals surface area contributed by atoms with Gasteiger partial charge in [-0.3, -0.25) is 4.68 Å². The molecule has 0 fully saturated rings. The predicted molar refractivity (Wildman–Crippen MR) is 85.6 cm³/mol. The van der Waals surface area contributed by atoms with Crippen LogP contribution in [0.4, 0.5) is 0 Å². The number of likely N-dealkylation sites (N-methyl/N-ethyl adjacent to an activating group) is 1. The third kappa shape index (κ3) is 4.06. The zero-order chi connectivity index (χ0) is 14.4. The minimum atomic E-state index is 0.540. The maximum absolute atomic E-state index is 4.59. The van der Waals surface area contributed by atoms with Crippen LogP contribution in [-0.4, -0.2) is 22.4 Å². The highest BCUT2D eigenvalue weighted by molar-refractivity contribution is 9.10. The number of aromatic nitrogens is 2. The fourth-order valence-electron chi connectivity index (χ4n) is 2.80. The van der Waals surface area contributed by atoms with Crippen LogP contribution < -0.4 is 5.32 Å². The van der Waals surface area contributed by atoms with E-state index in [4.69, 9.17) is 0 Å². The van der Waals surface area contributed by atoms with Crippen LogP contribution in [0.25, 0.3) is 0 Å². The van der Waals surface area contributed by atoms with E-state index in [9.17, 15) is 0 Å². The molecule has 0 radical (unpaired) electrons. The van der Waals surface area contributed by atoms with Gasteiger partial charge in [-0.2, -0.15) is 5.10 Å². The molecule has 19 heavy (non-hydrogen) atoms. The Morgan fingerprint density at radius 3 is 2.32 bits per heavy atom. The molecule has 1 rings (SSSR count). The van der Waals surface area contributed by atoms with Gasteiger partial charge < -0.3 is 5.32 Å². The van der Waals surface area contributed by atoms with Crippen molar-refractivity contribution in [3.8, 4) is 0 Å². The summed E-state index contributed by atoms with van der Waals surface area (Å²) in [6.45, 7) is 12.9. The van der Waals surface area contributed by atoms with Crippen LogP contribution in [0.15, 0.2) is 4.47 Å². The van der Waals surface area contributed by atoms with Crippen LogP contribution in [-0.2, 0) is 13.0 Å². The van der Waals surface area contributed by atoms with Crippen molar-refractivity contribution in [2.75, 3.05) is 6.54 Å². The predicted octanol–water partition coefficient (Wildman–Crippen LogP) is 3.93. The van der Waals surface area contributed by atoms with Crippen LogP contribution >= 0.6 is 15.9 Å². The van der Waals surface area contributed by atoms with Gasteiger partial charge in [0.15, 0.2) is 0 Å². The summed E-state index contributed by atoms with van der Waals surface area (Å²) in [6.07, 6.45) is 3.51. The van der Waals surface area contributed by atoms with Gasteiger partial charge in [0.2, 0.25) is 0 Å². The molecule has 0 amide bonds. The summed E-state index contributed by atoms with van der Waals surface area (Å²) < 4.78 is 3.31. The molecule has 1 unspecified atom stereocenters. The maximum Gasteiger partial charge on any atom is 0.0738 e. The highest BCUT2D eigenvalue weighted by Gasteiger charge is 2.22. The first-order valence-corrected chi connectivity index (χ1v) is 8.33. The van der Waals surface area contributed by atoms with Gasteiger partial charge in [0, 0.05) is 19.0 Å². The van der Waals surface area contributed by atoms with E-state index in [0.717, 1.165) is 31.1 Å². The second kappa shape index (κ2) is 8.05.